The molecule has 2 aromatic carbocycles. The van der Waals surface area contributed by atoms with Gasteiger partial charge in [0, 0.05) is 16.7 Å². The number of hydrogen-bond acceptors (Lipinski definition) is 1. The van der Waals surface area contributed by atoms with Gasteiger partial charge in [-0.3, -0.25) is 4.99 Å². The lowest BCUT2D eigenvalue weighted by molar-refractivity contribution is 0.962. The zero-order valence-electron chi connectivity index (χ0n) is 12.4. The lowest BCUT2D eigenvalue weighted by atomic mass is 10.2. The van der Waals surface area contributed by atoms with Gasteiger partial charge in [0.15, 0.2) is 0 Å². The Labute approximate surface area is 150 Å². The summed E-state index contributed by atoms with van der Waals surface area (Å²) in [6, 6.07) is 17.7. The minimum Gasteiger partial charge on any atom is -0.369 e. The van der Waals surface area contributed by atoms with Gasteiger partial charge in [0.2, 0.25) is 11.9 Å². The van der Waals surface area contributed by atoms with Crippen molar-refractivity contribution in [3.8, 4) is 0 Å². The highest BCUT2D eigenvalue weighted by Gasteiger charge is 1.97. The van der Waals surface area contributed by atoms with Crippen LogP contribution in [0.2, 0.25) is 0 Å². The van der Waals surface area contributed by atoms with Gasteiger partial charge in [-0.05, 0) is 36.2 Å². The molecular weight excluding hydrogens is 378 g/mol. The van der Waals surface area contributed by atoms with E-state index in [4.69, 9.17) is 11.5 Å². The van der Waals surface area contributed by atoms with Crippen LogP contribution in [0.3, 0.4) is 0 Å². The van der Waals surface area contributed by atoms with Crippen molar-refractivity contribution in [1.82, 2.24) is 0 Å². The SMILES string of the molecule is Cl.NC(=NCCc1ccccc1)/N=C(\N)Nc1ccc(Br)cc1. The van der Waals surface area contributed by atoms with E-state index in [1.165, 1.54) is 5.56 Å². The molecule has 0 saturated heterocycles. The molecule has 0 saturated carbocycles. The fourth-order valence-electron chi connectivity index (χ4n) is 1.81. The molecule has 0 aromatic heterocycles. The number of halogens is 2. The van der Waals surface area contributed by atoms with E-state index in [9.17, 15) is 0 Å². The molecule has 0 aliphatic rings. The molecule has 0 bridgehead atoms. The zero-order chi connectivity index (χ0) is 15.8. The van der Waals surface area contributed by atoms with Crippen LogP contribution in [0.1, 0.15) is 5.56 Å². The Morgan fingerprint density at radius 1 is 1.00 bits per heavy atom. The van der Waals surface area contributed by atoms with Crippen molar-refractivity contribution in [3.63, 3.8) is 0 Å². The van der Waals surface area contributed by atoms with E-state index >= 15 is 0 Å². The molecule has 0 atom stereocenters. The average Bonchev–Trinajstić information content (AvgIpc) is 2.50. The van der Waals surface area contributed by atoms with Gasteiger partial charge >= 0.3 is 0 Å². The molecule has 0 amide bonds. The summed E-state index contributed by atoms with van der Waals surface area (Å²) in [4.78, 5) is 8.22. The Morgan fingerprint density at radius 2 is 1.65 bits per heavy atom. The Morgan fingerprint density at radius 3 is 2.30 bits per heavy atom. The molecule has 0 unspecified atom stereocenters. The van der Waals surface area contributed by atoms with Gasteiger partial charge in [0.05, 0.1) is 0 Å². The van der Waals surface area contributed by atoms with Crippen molar-refractivity contribution in [1.29, 1.82) is 0 Å². The molecule has 7 heteroatoms. The summed E-state index contributed by atoms with van der Waals surface area (Å²) in [5.74, 6) is 0.376. The third-order valence-corrected chi connectivity index (χ3v) is 3.40. The topological polar surface area (TPSA) is 88.8 Å². The molecule has 0 radical (unpaired) electrons. The van der Waals surface area contributed by atoms with E-state index in [2.05, 4.69) is 43.4 Å². The lowest BCUT2D eigenvalue weighted by Gasteiger charge is -2.05. The van der Waals surface area contributed by atoms with Crippen molar-refractivity contribution in [2.75, 3.05) is 11.9 Å². The average molecular weight is 397 g/mol. The number of rotatable bonds is 4. The van der Waals surface area contributed by atoms with Gasteiger partial charge in [-0.25, -0.2) is 0 Å². The van der Waals surface area contributed by atoms with Crippen LogP contribution >= 0.6 is 28.3 Å². The summed E-state index contributed by atoms with van der Waals surface area (Å²) in [6.45, 7) is 0.574. The highest BCUT2D eigenvalue weighted by molar-refractivity contribution is 9.10. The number of benzene rings is 2. The Bertz CT molecular complexity index is 656. The number of anilines is 1. The van der Waals surface area contributed by atoms with Crippen LogP contribution in [0.15, 0.2) is 69.1 Å². The van der Waals surface area contributed by atoms with Gasteiger partial charge < -0.3 is 16.8 Å². The fraction of sp³-hybridized carbons (Fsp3) is 0.125. The van der Waals surface area contributed by atoms with Gasteiger partial charge in [-0.2, -0.15) is 4.99 Å². The quantitative estimate of drug-likeness (QED) is 0.548. The minimum atomic E-state index is 0. The standard InChI is InChI=1S/C16H18BrN5.ClH/c17-13-6-8-14(9-7-13)21-16(19)22-15(18)20-11-10-12-4-2-1-3-5-12;/h1-9H,10-11H2,(H5,18,19,20,21,22);1H. The molecule has 2 aromatic rings. The van der Waals surface area contributed by atoms with Crippen LogP contribution in [0.5, 0.6) is 0 Å². The van der Waals surface area contributed by atoms with Gasteiger partial charge in [-0.15, -0.1) is 12.4 Å². The second kappa shape index (κ2) is 9.86. The van der Waals surface area contributed by atoms with E-state index in [1.807, 2.05) is 42.5 Å². The maximum atomic E-state index is 5.79. The lowest BCUT2D eigenvalue weighted by Crippen LogP contribution is -2.26. The van der Waals surface area contributed by atoms with Crippen molar-refractivity contribution in [2.24, 2.45) is 21.5 Å². The molecule has 0 spiro atoms. The summed E-state index contributed by atoms with van der Waals surface area (Å²) in [7, 11) is 0. The van der Waals surface area contributed by atoms with Crippen molar-refractivity contribution in [2.45, 2.75) is 6.42 Å². The second-order valence-corrected chi connectivity index (χ2v) is 5.52. The van der Waals surface area contributed by atoms with Crippen LogP contribution in [-0.2, 0) is 6.42 Å². The molecule has 0 aliphatic carbocycles. The summed E-state index contributed by atoms with van der Waals surface area (Å²) in [6.07, 6.45) is 0.817. The Hall–Kier alpha value is -2.05. The molecule has 23 heavy (non-hydrogen) atoms. The maximum absolute atomic E-state index is 5.79. The maximum Gasteiger partial charge on any atom is 0.218 e. The number of aliphatic imine (C=N–C) groups is 2. The molecule has 0 fully saturated rings. The van der Waals surface area contributed by atoms with Crippen LogP contribution in [0, 0.1) is 0 Å². The number of nitrogens with zero attached hydrogens (tertiary/aromatic N) is 2. The molecule has 0 heterocycles. The van der Waals surface area contributed by atoms with Crippen molar-refractivity contribution >= 4 is 45.9 Å². The van der Waals surface area contributed by atoms with Gasteiger partial charge in [-0.1, -0.05) is 46.3 Å². The van der Waals surface area contributed by atoms with Crippen LogP contribution in [0.25, 0.3) is 0 Å². The number of nitrogens with two attached hydrogens (primary N) is 2. The third kappa shape index (κ3) is 7.17. The normalized spacial score (nSPS) is 11.7. The van der Waals surface area contributed by atoms with Crippen molar-refractivity contribution in [3.05, 3.63) is 64.6 Å². The van der Waals surface area contributed by atoms with Gasteiger partial charge in [0.1, 0.15) is 0 Å². The van der Waals surface area contributed by atoms with E-state index < -0.39 is 0 Å². The Balaban J connectivity index is 0.00000264. The van der Waals surface area contributed by atoms with Crippen LogP contribution < -0.4 is 16.8 Å². The second-order valence-electron chi connectivity index (χ2n) is 4.60. The summed E-state index contributed by atoms with van der Waals surface area (Å²) in [5, 5.41) is 2.95. The predicted molar refractivity (Wildman–Crippen MR) is 103 cm³/mol. The van der Waals surface area contributed by atoms with E-state index in [0.717, 1.165) is 16.6 Å². The Kier molecular flexibility index (Phi) is 8.15. The van der Waals surface area contributed by atoms with Gasteiger partial charge in [0.25, 0.3) is 0 Å². The minimum absolute atomic E-state index is 0. The number of nitrogens with one attached hydrogen (secondary N) is 1. The first-order chi connectivity index (χ1) is 10.6. The largest absolute Gasteiger partial charge is 0.369 e. The summed E-state index contributed by atoms with van der Waals surface area (Å²) < 4.78 is 0.996. The third-order valence-electron chi connectivity index (χ3n) is 2.87. The van der Waals surface area contributed by atoms with Crippen LogP contribution in [0.4, 0.5) is 5.69 Å². The first kappa shape index (κ1) is 19.0. The summed E-state index contributed by atoms with van der Waals surface area (Å²) in [5.41, 5.74) is 13.6. The van der Waals surface area contributed by atoms with Crippen LogP contribution in [-0.4, -0.2) is 18.5 Å². The number of guanidine groups is 2. The molecule has 5 N–H and O–H groups in total. The smallest absolute Gasteiger partial charge is 0.218 e. The fourth-order valence-corrected chi connectivity index (χ4v) is 2.08. The molecule has 2 rings (SSSR count). The highest BCUT2D eigenvalue weighted by atomic mass is 79.9. The highest BCUT2D eigenvalue weighted by Crippen LogP contribution is 2.13. The van der Waals surface area contributed by atoms with E-state index in [0.29, 0.717) is 6.54 Å². The predicted octanol–water partition coefficient (Wildman–Crippen LogP) is 3.15. The monoisotopic (exact) mass is 395 g/mol. The van der Waals surface area contributed by atoms with E-state index in [-0.39, 0.29) is 24.3 Å². The molecule has 0 aliphatic heterocycles. The molecular formula is C16H19BrClN5. The molecule has 5 nitrogen and oxygen atoms in total. The van der Waals surface area contributed by atoms with E-state index in [1.54, 1.807) is 0 Å². The first-order valence-electron chi connectivity index (χ1n) is 6.84. The molecule has 122 valence electrons. The first-order valence-corrected chi connectivity index (χ1v) is 7.63. The number of hydrogen-bond donors (Lipinski definition) is 3. The summed E-state index contributed by atoms with van der Waals surface area (Å²) >= 11 is 3.37. The zero-order valence-corrected chi connectivity index (χ0v) is 14.8. The van der Waals surface area contributed by atoms with Crippen molar-refractivity contribution < 1.29 is 0 Å².